The van der Waals surface area contributed by atoms with Crippen LogP contribution in [0, 0.1) is 0 Å². The van der Waals surface area contributed by atoms with Gasteiger partial charge in [-0.15, -0.1) is 12.4 Å². The van der Waals surface area contributed by atoms with Crippen molar-refractivity contribution in [3.63, 3.8) is 0 Å². The van der Waals surface area contributed by atoms with Gasteiger partial charge in [0.1, 0.15) is 6.67 Å². The van der Waals surface area contributed by atoms with Crippen LogP contribution < -0.4 is 11.5 Å². The summed E-state index contributed by atoms with van der Waals surface area (Å²) in [6.45, 7) is 1.59. The first kappa shape index (κ1) is 13.7. The van der Waals surface area contributed by atoms with E-state index < -0.39 is 6.67 Å². The Morgan fingerprint density at radius 2 is 1.64 bits per heavy atom. The van der Waals surface area contributed by atoms with E-state index in [0.717, 1.165) is 12.8 Å². The van der Waals surface area contributed by atoms with Gasteiger partial charge in [0.2, 0.25) is 0 Å². The number of hydrogen-bond donors (Lipinski definition) is 2. The van der Waals surface area contributed by atoms with Crippen LogP contribution in [0.4, 0.5) is 4.39 Å². The van der Waals surface area contributed by atoms with Gasteiger partial charge in [-0.2, -0.15) is 0 Å². The minimum absolute atomic E-state index is 0. The van der Waals surface area contributed by atoms with Crippen LogP contribution >= 0.6 is 12.4 Å². The Hall–Kier alpha value is 0.140. The summed E-state index contributed by atoms with van der Waals surface area (Å²) in [6.07, 6.45) is 2.48. The van der Waals surface area contributed by atoms with Crippen LogP contribution in [-0.4, -0.2) is 18.8 Å². The van der Waals surface area contributed by atoms with Gasteiger partial charge in [0.15, 0.2) is 0 Å². The highest BCUT2D eigenvalue weighted by atomic mass is 35.5. The lowest BCUT2D eigenvalue weighted by Gasteiger charge is -2.10. The summed E-state index contributed by atoms with van der Waals surface area (Å²) in [5, 5.41) is 0. The van der Waals surface area contributed by atoms with Crippen molar-refractivity contribution in [1.29, 1.82) is 0 Å². The molecule has 70 valence electrons. The lowest BCUT2D eigenvalue weighted by atomic mass is 10.1. The van der Waals surface area contributed by atoms with Gasteiger partial charge >= 0.3 is 0 Å². The molecule has 0 rings (SSSR count). The molecule has 4 heteroatoms. The minimum atomic E-state index is -0.434. The molecule has 0 aromatic heterocycles. The van der Waals surface area contributed by atoms with E-state index in [1.807, 2.05) is 6.92 Å². The van der Waals surface area contributed by atoms with Crippen molar-refractivity contribution in [2.45, 2.75) is 38.3 Å². The molecule has 0 aliphatic carbocycles. The van der Waals surface area contributed by atoms with Crippen LogP contribution in [0.3, 0.4) is 0 Å². The van der Waals surface area contributed by atoms with Crippen LogP contribution in [0.15, 0.2) is 0 Å². The summed E-state index contributed by atoms with van der Waals surface area (Å²) in [5.41, 5.74) is 10.9. The number of nitrogens with two attached hydrogens (primary N) is 2. The Morgan fingerprint density at radius 1 is 1.18 bits per heavy atom. The summed E-state index contributed by atoms with van der Waals surface area (Å²) >= 11 is 0. The normalized spacial score (nSPS) is 15.3. The van der Waals surface area contributed by atoms with Gasteiger partial charge in [0.25, 0.3) is 0 Å². The monoisotopic (exact) mass is 184 g/mol. The second-order valence-electron chi connectivity index (χ2n) is 2.66. The Morgan fingerprint density at radius 3 is 2.00 bits per heavy atom. The molecule has 0 bridgehead atoms. The Bertz CT molecular complexity index is 72.8. The lowest BCUT2D eigenvalue weighted by Crippen LogP contribution is -2.27. The molecule has 0 aromatic carbocycles. The number of hydrogen-bond acceptors (Lipinski definition) is 2. The zero-order valence-corrected chi connectivity index (χ0v) is 7.74. The topological polar surface area (TPSA) is 52.0 Å². The van der Waals surface area contributed by atoms with Gasteiger partial charge in [-0.25, -0.2) is 4.39 Å². The molecular formula is C7H18ClFN2. The fraction of sp³-hybridized carbons (Fsp3) is 1.00. The molecule has 0 radical (unpaired) electrons. The Kier molecular flexibility index (Phi) is 10.3. The minimum Gasteiger partial charge on any atom is -0.328 e. The van der Waals surface area contributed by atoms with E-state index in [0.29, 0.717) is 6.42 Å². The number of rotatable bonds is 5. The maximum Gasteiger partial charge on any atom is 0.104 e. The predicted octanol–water partition coefficient (Wildman–Crippen LogP) is 1.22. The van der Waals surface area contributed by atoms with E-state index in [1.54, 1.807) is 0 Å². The molecule has 0 aromatic rings. The molecule has 0 saturated carbocycles. The first-order valence-electron chi connectivity index (χ1n) is 3.77. The third-order valence-electron chi connectivity index (χ3n) is 1.63. The molecule has 0 fully saturated rings. The summed E-state index contributed by atoms with van der Waals surface area (Å²) < 4.78 is 11.8. The van der Waals surface area contributed by atoms with Crippen molar-refractivity contribution in [2.75, 3.05) is 6.67 Å². The number of alkyl halides is 1. The summed E-state index contributed by atoms with van der Waals surface area (Å²) in [4.78, 5) is 0. The molecule has 2 atom stereocenters. The molecule has 0 aliphatic heterocycles. The fourth-order valence-electron chi connectivity index (χ4n) is 0.709. The van der Waals surface area contributed by atoms with Crippen LogP contribution in [0.25, 0.3) is 0 Å². The summed E-state index contributed by atoms with van der Waals surface area (Å²) in [7, 11) is 0. The SMILES string of the molecule is CCC(N)CCC(N)CF.Cl. The lowest BCUT2D eigenvalue weighted by molar-refractivity contribution is 0.395. The van der Waals surface area contributed by atoms with E-state index in [-0.39, 0.29) is 24.5 Å². The fourth-order valence-corrected chi connectivity index (χ4v) is 0.709. The van der Waals surface area contributed by atoms with E-state index >= 15 is 0 Å². The maximum atomic E-state index is 11.8. The van der Waals surface area contributed by atoms with E-state index in [1.165, 1.54) is 0 Å². The van der Waals surface area contributed by atoms with Gasteiger partial charge in [-0.1, -0.05) is 6.92 Å². The molecule has 0 saturated heterocycles. The van der Waals surface area contributed by atoms with Crippen molar-refractivity contribution >= 4 is 12.4 Å². The molecule has 0 aliphatic rings. The standard InChI is InChI=1S/C7H17FN2.ClH/c1-2-6(9)3-4-7(10)5-8;/h6-7H,2-5,9-10H2,1H3;1H. The first-order chi connectivity index (χ1) is 4.70. The van der Waals surface area contributed by atoms with Crippen LogP contribution in [0.2, 0.25) is 0 Å². The van der Waals surface area contributed by atoms with Crippen LogP contribution in [0.5, 0.6) is 0 Å². The smallest absolute Gasteiger partial charge is 0.104 e. The van der Waals surface area contributed by atoms with Gasteiger partial charge < -0.3 is 11.5 Å². The second-order valence-corrected chi connectivity index (χ2v) is 2.66. The highest BCUT2D eigenvalue weighted by molar-refractivity contribution is 5.85. The van der Waals surface area contributed by atoms with Gasteiger partial charge in [-0.05, 0) is 19.3 Å². The van der Waals surface area contributed by atoms with Crippen molar-refractivity contribution in [1.82, 2.24) is 0 Å². The zero-order chi connectivity index (χ0) is 7.98. The van der Waals surface area contributed by atoms with Crippen molar-refractivity contribution < 1.29 is 4.39 Å². The molecule has 0 spiro atoms. The first-order valence-corrected chi connectivity index (χ1v) is 3.77. The van der Waals surface area contributed by atoms with Crippen molar-refractivity contribution in [2.24, 2.45) is 11.5 Å². The summed E-state index contributed by atoms with van der Waals surface area (Å²) in [5.74, 6) is 0. The third kappa shape index (κ3) is 8.04. The van der Waals surface area contributed by atoms with E-state index in [9.17, 15) is 4.39 Å². The van der Waals surface area contributed by atoms with E-state index in [4.69, 9.17) is 11.5 Å². The molecule has 2 nitrogen and oxygen atoms in total. The molecule has 0 amide bonds. The largest absolute Gasteiger partial charge is 0.328 e. The Labute approximate surface area is 73.9 Å². The molecule has 4 N–H and O–H groups in total. The van der Waals surface area contributed by atoms with Crippen LogP contribution in [-0.2, 0) is 0 Å². The second kappa shape index (κ2) is 8.24. The highest BCUT2D eigenvalue weighted by Crippen LogP contribution is 2.00. The van der Waals surface area contributed by atoms with Gasteiger partial charge in [-0.3, -0.25) is 0 Å². The zero-order valence-electron chi connectivity index (χ0n) is 6.92. The highest BCUT2D eigenvalue weighted by Gasteiger charge is 2.04. The quantitative estimate of drug-likeness (QED) is 0.675. The average molecular weight is 185 g/mol. The molecule has 0 heterocycles. The third-order valence-corrected chi connectivity index (χ3v) is 1.63. The number of halogens is 2. The van der Waals surface area contributed by atoms with E-state index in [2.05, 4.69) is 0 Å². The van der Waals surface area contributed by atoms with Crippen molar-refractivity contribution in [3.05, 3.63) is 0 Å². The molecule has 11 heavy (non-hydrogen) atoms. The summed E-state index contributed by atoms with van der Waals surface area (Å²) in [6, 6.07) is -0.116. The Balaban J connectivity index is 0. The predicted molar refractivity (Wildman–Crippen MR) is 48.7 cm³/mol. The van der Waals surface area contributed by atoms with Gasteiger partial charge in [0, 0.05) is 12.1 Å². The maximum absolute atomic E-state index is 11.8. The van der Waals surface area contributed by atoms with Crippen molar-refractivity contribution in [3.8, 4) is 0 Å². The molecular weight excluding hydrogens is 167 g/mol. The molecule has 2 unspecified atom stereocenters. The average Bonchev–Trinajstić information content (AvgIpc) is 1.99. The van der Waals surface area contributed by atoms with Crippen LogP contribution in [0.1, 0.15) is 26.2 Å². The van der Waals surface area contributed by atoms with Gasteiger partial charge in [0.05, 0.1) is 0 Å².